The maximum absolute atomic E-state index is 12.5. The van der Waals surface area contributed by atoms with Crippen LogP contribution in [-0.4, -0.2) is 20.5 Å². The van der Waals surface area contributed by atoms with E-state index >= 15 is 0 Å². The van der Waals surface area contributed by atoms with Gasteiger partial charge in [0, 0.05) is 6.20 Å². The van der Waals surface area contributed by atoms with Gasteiger partial charge in [-0.15, -0.1) is 0 Å². The van der Waals surface area contributed by atoms with Crippen LogP contribution < -0.4 is 9.88 Å². The normalized spacial score (nSPS) is 11.9. The van der Waals surface area contributed by atoms with Crippen LogP contribution in [0.4, 0.5) is 8.78 Å². The number of pyridine rings is 1. The van der Waals surface area contributed by atoms with Gasteiger partial charge in [-0.1, -0.05) is 0 Å². The molecule has 0 aromatic carbocycles. The minimum absolute atomic E-state index is 0.177. The Morgan fingerprint density at radius 2 is 2.12 bits per heavy atom. The summed E-state index contributed by atoms with van der Waals surface area (Å²) in [7, 11) is -2.99. The average Bonchev–Trinajstić information content (AvgIpc) is 2.15. The molecule has 1 rings (SSSR count). The zero-order valence-electron chi connectivity index (χ0n) is 7.95. The molecule has 0 aliphatic heterocycles. The molecule has 0 fully saturated rings. The van der Waals surface area contributed by atoms with E-state index in [1.165, 1.54) is 0 Å². The fourth-order valence-corrected chi connectivity index (χ4v) is 2.40. The Morgan fingerprint density at radius 3 is 2.50 bits per heavy atom. The molecule has 0 amide bonds. The number of hydrogen-bond acceptors (Lipinski definition) is 4. The summed E-state index contributed by atoms with van der Waals surface area (Å²) in [5.74, 6) is -0.333. The molecular weight excluding hydrogens is 310 g/mol. The van der Waals surface area contributed by atoms with Crippen LogP contribution in [0.25, 0.3) is 0 Å². The van der Waals surface area contributed by atoms with Gasteiger partial charge in [-0.05, 0) is 15.9 Å². The predicted octanol–water partition coefficient (Wildman–Crippen LogP) is 1.44. The van der Waals surface area contributed by atoms with Crippen molar-refractivity contribution in [1.82, 2.24) is 4.98 Å². The number of nitrogens with two attached hydrogens (primary N) is 1. The van der Waals surface area contributed by atoms with Crippen molar-refractivity contribution in [2.75, 3.05) is 7.11 Å². The number of methoxy groups -OCH3 is 1. The molecule has 0 aliphatic carbocycles. The first kappa shape index (κ1) is 13.3. The molecule has 1 aromatic rings. The number of rotatable bonds is 3. The van der Waals surface area contributed by atoms with Crippen LogP contribution in [0.1, 0.15) is 12.0 Å². The number of sulfonamides is 1. The molecule has 90 valence electrons. The lowest BCUT2D eigenvalue weighted by molar-refractivity contribution is 0.149. The lowest BCUT2D eigenvalue weighted by atomic mass is 10.3. The first-order chi connectivity index (χ1) is 7.29. The summed E-state index contributed by atoms with van der Waals surface area (Å²) in [5, 5.41) is 4.26. The number of halogens is 3. The highest BCUT2D eigenvalue weighted by Gasteiger charge is 2.24. The fraction of sp³-hybridized carbons (Fsp3) is 0.286. The van der Waals surface area contributed by atoms with Gasteiger partial charge < -0.3 is 4.74 Å². The molecular formula is C7H7BrF2N2O3S. The fourth-order valence-electron chi connectivity index (χ4n) is 1.00. The maximum Gasteiger partial charge on any atom is 0.266 e. The second-order valence-corrected chi connectivity index (χ2v) is 4.98. The molecule has 0 saturated carbocycles. The minimum Gasteiger partial charge on any atom is -0.492 e. The van der Waals surface area contributed by atoms with E-state index in [4.69, 9.17) is 9.88 Å². The van der Waals surface area contributed by atoms with Crippen LogP contribution in [0.15, 0.2) is 15.7 Å². The lowest BCUT2D eigenvalue weighted by Gasteiger charge is -2.10. The third-order valence-electron chi connectivity index (χ3n) is 1.68. The van der Waals surface area contributed by atoms with Crippen LogP contribution in [0.3, 0.4) is 0 Å². The van der Waals surface area contributed by atoms with Gasteiger partial charge >= 0.3 is 0 Å². The number of aromatic nitrogens is 1. The topological polar surface area (TPSA) is 82.3 Å². The first-order valence-electron chi connectivity index (χ1n) is 3.82. The number of primary sulfonamides is 1. The largest absolute Gasteiger partial charge is 0.492 e. The Hall–Kier alpha value is -0.800. The zero-order chi connectivity index (χ0) is 12.5. The van der Waals surface area contributed by atoms with E-state index < -0.39 is 27.0 Å². The van der Waals surface area contributed by atoms with Gasteiger partial charge in [-0.2, -0.15) is 0 Å². The number of ether oxygens (including phenoxy) is 1. The van der Waals surface area contributed by atoms with Crippen LogP contribution >= 0.6 is 15.9 Å². The molecule has 2 N–H and O–H groups in total. The van der Waals surface area contributed by atoms with Gasteiger partial charge in [-0.25, -0.2) is 27.3 Å². The number of hydrogen-bond donors (Lipinski definition) is 1. The Morgan fingerprint density at radius 1 is 1.56 bits per heavy atom. The minimum atomic E-state index is -4.12. The van der Waals surface area contributed by atoms with Gasteiger partial charge in [-0.3, -0.25) is 0 Å². The highest BCUT2D eigenvalue weighted by Crippen LogP contribution is 2.37. The molecule has 0 unspecified atom stereocenters. The van der Waals surface area contributed by atoms with Gasteiger partial charge in [0.05, 0.1) is 17.1 Å². The third kappa shape index (κ3) is 2.47. The summed E-state index contributed by atoms with van der Waals surface area (Å²) in [6.07, 6.45) is -2.07. The van der Waals surface area contributed by atoms with E-state index in [9.17, 15) is 17.2 Å². The van der Waals surface area contributed by atoms with Gasteiger partial charge in [0.25, 0.3) is 16.4 Å². The van der Waals surface area contributed by atoms with Crippen LogP contribution in [-0.2, 0) is 10.0 Å². The molecule has 1 aromatic heterocycles. The molecule has 5 nitrogen and oxygen atoms in total. The number of alkyl halides is 2. The SMILES string of the molecule is COc1c(S(N)(=O)=O)ncc(C(F)F)c1Br. The molecule has 0 spiro atoms. The summed E-state index contributed by atoms with van der Waals surface area (Å²) in [6, 6.07) is 0. The van der Waals surface area contributed by atoms with Crippen molar-refractivity contribution in [3.8, 4) is 5.75 Å². The van der Waals surface area contributed by atoms with E-state index in [0.717, 1.165) is 13.3 Å². The molecule has 0 atom stereocenters. The Labute approximate surface area is 98.8 Å². The van der Waals surface area contributed by atoms with E-state index in [-0.39, 0.29) is 10.2 Å². The monoisotopic (exact) mass is 316 g/mol. The molecule has 9 heteroatoms. The van der Waals surface area contributed by atoms with Crippen molar-refractivity contribution in [3.05, 3.63) is 16.2 Å². The molecule has 16 heavy (non-hydrogen) atoms. The van der Waals surface area contributed by atoms with Gasteiger partial charge in [0.15, 0.2) is 5.75 Å². The molecule has 0 aliphatic rings. The van der Waals surface area contributed by atoms with Gasteiger partial charge in [0.2, 0.25) is 5.03 Å². The Bertz CT molecular complexity index is 507. The van der Waals surface area contributed by atoms with E-state index in [1.54, 1.807) is 0 Å². The summed E-state index contributed by atoms with van der Waals surface area (Å²) < 4.78 is 51.6. The van der Waals surface area contributed by atoms with Crippen molar-refractivity contribution in [2.24, 2.45) is 5.14 Å². The van der Waals surface area contributed by atoms with E-state index in [2.05, 4.69) is 20.9 Å². The number of nitrogens with zero attached hydrogens (tertiary/aromatic N) is 1. The lowest BCUT2D eigenvalue weighted by Crippen LogP contribution is -2.16. The first-order valence-corrected chi connectivity index (χ1v) is 6.16. The Kier molecular flexibility index (Phi) is 3.81. The van der Waals surface area contributed by atoms with E-state index in [1.807, 2.05) is 0 Å². The Balaban J connectivity index is 3.54. The van der Waals surface area contributed by atoms with Crippen molar-refractivity contribution in [2.45, 2.75) is 11.5 Å². The van der Waals surface area contributed by atoms with Gasteiger partial charge in [0.1, 0.15) is 0 Å². The molecule has 1 heterocycles. The third-order valence-corrected chi connectivity index (χ3v) is 3.32. The highest BCUT2D eigenvalue weighted by molar-refractivity contribution is 9.10. The quantitative estimate of drug-likeness (QED) is 0.914. The van der Waals surface area contributed by atoms with Crippen molar-refractivity contribution in [1.29, 1.82) is 0 Å². The second-order valence-electron chi connectivity index (χ2n) is 2.71. The van der Waals surface area contributed by atoms with Crippen molar-refractivity contribution in [3.63, 3.8) is 0 Å². The van der Waals surface area contributed by atoms with Crippen LogP contribution in [0.2, 0.25) is 0 Å². The summed E-state index contributed by atoms with van der Waals surface area (Å²) >= 11 is 2.82. The summed E-state index contributed by atoms with van der Waals surface area (Å²) in [6.45, 7) is 0. The van der Waals surface area contributed by atoms with Crippen molar-refractivity contribution < 1.29 is 21.9 Å². The highest BCUT2D eigenvalue weighted by atomic mass is 79.9. The standard InChI is InChI=1S/C7H7BrF2N2O3S/c1-15-5-4(8)3(6(9)10)2-12-7(5)16(11,13)14/h2,6H,1H3,(H2,11,13,14). The molecule has 0 saturated heterocycles. The van der Waals surface area contributed by atoms with Crippen LogP contribution in [0.5, 0.6) is 5.75 Å². The average molecular weight is 317 g/mol. The predicted molar refractivity (Wildman–Crippen MR) is 54.8 cm³/mol. The van der Waals surface area contributed by atoms with Crippen molar-refractivity contribution >= 4 is 26.0 Å². The zero-order valence-corrected chi connectivity index (χ0v) is 10.3. The summed E-state index contributed by atoms with van der Waals surface area (Å²) in [4.78, 5) is 3.35. The smallest absolute Gasteiger partial charge is 0.266 e. The summed E-state index contributed by atoms with van der Waals surface area (Å²) in [5.41, 5.74) is -0.468. The van der Waals surface area contributed by atoms with Crippen LogP contribution in [0, 0.1) is 0 Å². The maximum atomic E-state index is 12.5. The van der Waals surface area contributed by atoms with E-state index in [0.29, 0.717) is 0 Å². The second kappa shape index (κ2) is 4.60. The molecule has 0 radical (unpaired) electrons. The molecule has 0 bridgehead atoms.